The topological polar surface area (TPSA) is 109 Å². The Morgan fingerprint density at radius 2 is 1.91 bits per heavy atom. The zero-order valence-corrected chi connectivity index (χ0v) is 16.6. The Hall–Kier alpha value is -4.10. The quantitative estimate of drug-likeness (QED) is 0.214. The molecule has 0 unspecified atom stereocenters. The Morgan fingerprint density at radius 1 is 1.19 bits per heavy atom. The molecule has 0 aliphatic heterocycles. The maximum Gasteiger partial charge on any atom is 0.418 e. The van der Waals surface area contributed by atoms with E-state index in [4.69, 9.17) is 16.0 Å². The van der Waals surface area contributed by atoms with Gasteiger partial charge in [0, 0.05) is 23.8 Å². The number of carbonyl (C=O) groups is 1. The number of rotatable bonds is 5. The number of non-ortho nitro benzene ring substituents is 1. The van der Waals surface area contributed by atoms with E-state index >= 15 is 0 Å². The molecule has 1 amide bonds. The van der Waals surface area contributed by atoms with E-state index in [-0.39, 0.29) is 22.2 Å². The molecule has 0 fully saturated rings. The lowest BCUT2D eigenvalue weighted by atomic mass is 10.1. The molecular formula is C21H11ClF3N3O4. The van der Waals surface area contributed by atoms with Crippen LogP contribution in [0.1, 0.15) is 11.3 Å². The molecule has 162 valence electrons. The van der Waals surface area contributed by atoms with Crippen molar-refractivity contribution in [2.45, 2.75) is 6.18 Å². The van der Waals surface area contributed by atoms with Crippen molar-refractivity contribution in [3.8, 4) is 17.4 Å². The molecule has 1 heterocycles. The number of nitro groups is 1. The van der Waals surface area contributed by atoms with Crippen LogP contribution in [-0.2, 0) is 11.0 Å². The van der Waals surface area contributed by atoms with Gasteiger partial charge in [-0.15, -0.1) is 0 Å². The smallest absolute Gasteiger partial charge is 0.418 e. The van der Waals surface area contributed by atoms with E-state index in [2.05, 4.69) is 5.32 Å². The van der Waals surface area contributed by atoms with Crippen LogP contribution in [0.5, 0.6) is 0 Å². The maximum atomic E-state index is 13.1. The van der Waals surface area contributed by atoms with E-state index in [0.29, 0.717) is 5.56 Å². The highest BCUT2D eigenvalue weighted by Gasteiger charge is 2.33. The largest absolute Gasteiger partial charge is 0.457 e. The molecule has 11 heteroatoms. The fraction of sp³-hybridized carbons (Fsp3) is 0.0476. The third kappa shape index (κ3) is 4.96. The number of amides is 1. The molecule has 0 saturated heterocycles. The van der Waals surface area contributed by atoms with Gasteiger partial charge in [0.1, 0.15) is 23.2 Å². The molecule has 0 aliphatic rings. The normalized spacial score (nSPS) is 11.7. The monoisotopic (exact) mass is 461 g/mol. The minimum absolute atomic E-state index is 0.0465. The number of nitro benzene ring substituents is 1. The lowest BCUT2D eigenvalue weighted by molar-refractivity contribution is -0.384. The van der Waals surface area contributed by atoms with E-state index in [1.165, 1.54) is 36.4 Å². The van der Waals surface area contributed by atoms with Crippen LogP contribution in [0.3, 0.4) is 0 Å². The number of hydrogen-bond donors (Lipinski definition) is 1. The molecule has 0 bridgehead atoms. The average Bonchev–Trinajstić information content (AvgIpc) is 3.19. The van der Waals surface area contributed by atoms with Crippen molar-refractivity contribution in [1.29, 1.82) is 5.26 Å². The summed E-state index contributed by atoms with van der Waals surface area (Å²) in [5.41, 5.74) is -1.94. The molecular weight excluding hydrogens is 451 g/mol. The van der Waals surface area contributed by atoms with Crippen LogP contribution in [-0.4, -0.2) is 10.8 Å². The number of anilines is 1. The summed E-state index contributed by atoms with van der Waals surface area (Å²) in [4.78, 5) is 22.6. The average molecular weight is 462 g/mol. The third-order valence-electron chi connectivity index (χ3n) is 4.19. The zero-order chi connectivity index (χ0) is 23.5. The fourth-order valence-electron chi connectivity index (χ4n) is 2.71. The van der Waals surface area contributed by atoms with Gasteiger partial charge in [-0.05, 0) is 30.3 Å². The molecule has 7 nitrogen and oxygen atoms in total. The highest BCUT2D eigenvalue weighted by Crippen LogP contribution is 2.35. The van der Waals surface area contributed by atoms with E-state index < -0.39 is 33.8 Å². The summed E-state index contributed by atoms with van der Waals surface area (Å²) >= 11 is 6.05. The molecule has 0 spiro atoms. The number of nitrogens with zero attached hydrogens (tertiary/aromatic N) is 2. The Morgan fingerprint density at radius 3 is 2.53 bits per heavy atom. The Bertz CT molecular complexity index is 1280. The van der Waals surface area contributed by atoms with Gasteiger partial charge in [0.25, 0.3) is 11.6 Å². The number of hydrogen-bond acceptors (Lipinski definition) is 5. The van der Waals surface area contributed by atoms with Crippen LogP contribution in [0.25, 0.3) is 17.4 Å². The van der Waals surface area contributed by atoms with Crippen LogP contribution >= 0.6 is 11.6 Å². The van der Waals surface area contributed by atoms with Crippen molar-refractivity contribution in [2.75, 3.05) is 5.32 Å². The van der Waals surface area contributed by atoms with E-state index in [1.807, 2.05) is 0 Å². The predicted molar refractivity (Wildman–Crippen MR) is 109 cm³/mol. The summed E-state index contributed by atoms with van der Waals surface area (Å²) in [6.45, 7) is 0. The minimum atomic E-state index is -4.69. The number of nitriles is 1. The van der Waals surface area contributed by atoms with Crippen LogP contribution in [0.4, 0.5) is 24.5 Å². The van der Waals surface area contributed by atoms with Crippen LogP contribution < -0.4 is 5.32 Å². The number of carbonyl (C=O) groups excluding carboxylic acids is 1. The summed E-state index contributed by atoms with van der Waals surface area (Å²) in [5, 5.41) is 22.2. The molecule has 3 aromatic rings. The first-order valence-electron chi connectivity index (χ1n) is 8.73. The van der Waals surface area contributed by atoms with Crippen molar-refractivity contribution in [3.63, 3.8) is 0 Å². The van der Waals surface area contributed by atoms with Crippen molar-refractivity contribution in [2.24, 2.45) is 0 Å². The summed E-state index contributed by atoms with van der Waals surface area (Å²) in [5.74, 6) is -0.808. The Labute approximate surface area is 183 Å². The number of halogens is 4. The SMILES string of the molecule is N#C/C(=C\c1ccc(-c2ccc([N+](=O)[O-])cc2Cl)o1)C(=O)Nc1ccccc1C(F)(F)F. The summed E-state index contributed by atoms with van der Waals surface area (Å²) in [6, 6.07) is 12.6. The summed E-state index contributed by atoms with van der Waals surface area (Å²) < 4.78 is 44.8. The zero-order valence-electron chi connectivity index (χ0n) is 15.8. The molecule has 0 radical (unpaired) electrons. The van der Waals surface area contributed by atoms with Gasteiger partial charge in [-0.2, -0.15) is 18.4 Å². The molecule has 1 aromatic heterocycles. The van der Waals surface area contributed by atoms with Crippen molar-refractivity contribution in [1.82, 2.24) is 0 Å². The lowest BCUT2D eigenvalue weighted by Gasteiger charge is -2.13. The Kier molecular flexibility index (Phi) is 6.32. The molecule has 3 rings (SSSR count). The van der Waals surface area contributed by atoms with E-state index in [1.54, 1.807) is 6.07 Å². The fourth-order valence-corrected chi connectivity index (χ4v) is 2.98. The second-order valence-electron chi connectivity index (χ2n) is 6.29. The molecule has 32 heavy (non-hydrogen) atoms. The van der Waals surface area contributed by atoms with Crippen molar-refractivity contribution >= 4 is 35.0 Å². The number of nitrogens with one attached hydrogen (secondary N) is 1. The van der Waals surface area contributed by atoms with E-state index in [9.17, 15) is 33.3 Å². The van der Waals surface area contributed by atoms with Gasteiger partial charge in [-0.3, -0.25) is 14.9 Å². The first kappa shape index (κ1) is 22.6. The van der Waals surface area contributed by atoms with Crippen molar-refractivity contribution in [3.05, 3.63) is 86.6 Å². The highest BCUT2D eigenvalue weighted by molar-refractivity contribution is 6.33. The predicted octanol–water partition coefficient (Wildman–Crippen LogP) is 6.07. The van der Waals surface area contributed by atoms with Gasteiger partial charge in [0.2, 0.25) is 0 Å². The molecule has 0 saturated carbocycles. The van der Waals surface area contributed by atoms with Gasteiger partial charge in [0.15, 0.2) is 0 Å². The van der Waals surface area contributed by atoms with Gasteiger partial charge in [0.05, 0.1) is 21.2 Å². The van der Waals surface area contributed by atoms with Gasteiger partial charge >= 0.3 is 6.18 Å². The van der Waals surface area contributed by atoms with Crippen LogP contribution in [0, 0.1) is 21.4 Å². The summed E-state index contributed by atoms with van der Waals surface area (Å²) in [7, 11) is 0. The highest BCUT2D eigenvalue weighted by atomic mass is 35.5. The second kappa shape index (κ2) is 8.95. The van der Waals surface area contributed by atoms with Gasteiger partial charge in [-0.25, -0.2) is 0 Å². The molecule has 1 N–H and O–H groups in total. The standard InChI is InChI=1S/C21H11ClF3N3O4/c22-17-10-13(28(30)31)5-7-15(17)19-8-6-14(32-19)9-12(11-26)20(29)27-18-4-2-1-3-16(18)21(23,24)25/h1-10H,(H,27,29)/b12-9+. The first-order chi connectivity index (χ1) is 15.1. The third-order valence-corrected chi connectivity index (χ3v) is 4.50. The molecule has 0 aliphatic carbocycles. The van der Waals surface area contributed by atoms with Crippen molar-refractivity contribution < 1.29 is 27.3 Å². The molecule has 0 atom stereocenters. The number of benzene rings is 2. The van der Waals surface area contributed by atoms with Gasteiger partial charge in [-0.1, -0.05) is 23.7 Å². The Balaban J connectivity index is 1.86. The maximum absolute atomic E-state index is 13.1. The molecule has 2 aromatic carbocycles. The minimum Gasteiger partial charge on any atom is -0.457 e. The lowest BCUT2D eigenvalue weighted by Crippen LogP contribution is -2.17. The number of alkyl halides is 3. The second-order valence-corrected chi connectivity index (χ2v) is 6.70. The number of para-hydroxylation sites is 1. The first-order valence-corrected chi connectivity index (χ1v) is 9.11. The van der Waals surface area contributed by atoms with Crippen LogP contribution in [0.15, 0.2) is 64.6 Å². The number of furan rings is 1. The van der Waals surface area contributed by atoms with E-state index in [0.717, 1.165) is 24.3 Å². The van der Waals surface area contributed by atoms with Crippen LogP contribution in [0.2, 0.25) is 5.02 Å². The van der Waals surface area contributed by atoms with Gasteiger partial charge < -0.3 is 9.73 Å². The summed E-state index contributed by atoms with van der Waals surface area (Å²) in [6.07, 6.45) is -3.64.